The predicted octanol–water partition coefficient (Wildman–Crippen LogP) is 4.53. The van der Waals surface area contributed by atoms with Crippen molar-refractivity contribution < 1.29 is 8.78 Å². The van der Waals surface area contributed by atoms with E-state index in [1.807, 2.05) is 31.2 Å². The van der Waals surface area contributed by atoms with Crippen LogP contribution in [0.4, 0.5) is 8.78 Å². The van der Waals surface area contributed by atoms with E-state index in [0.717, 1.165) is 22.9 Å². The van der Waals surface area contributed by atoms with E-state index in [2.05, 4.69) is 0 Å². The largest absolute Gasteiger partial charge is 0.324 e. The maximum atomic E-state index is 13.7. The summed E-state index contributed by atoms with van der Waals surface area (Å²) >= 11 is 1.27. The van der Waals surface area contributed by atoms with Crippen LogP contribution in [0.5, 0.6) is 0 Å². The summed E-state index contributed by atoms with van der Waals surface area (Å²) in [7, 11) is 0. The van der Waals surface area contributed by atoms with E-state index in [0.29, 0.717) is 4.90 Å². The van der Waals surface area contributed by atoms with Crippen LogP contribution in [-0.2, 0) is 0 Å². The lowest BCUT2D eigenvalue weighted by atomic mass is 10.1. The Bertz CT molecular complexity index is 572. The Morgan fingerprint density at radius 1 is 1.11 bits per heavy atom. The molecule has 0 bridgehead atoms. The van der Waals surface area contributed by atoms with Gasteiger partial charge in [0.25, 0.3) is 0 Å². The van der Waals surface area contributed by atoms with Crippen molar-refractivity contribution in [3.8, 4) is 0 Å². The zero-order valence-electron chi connectivity index (χ0n) is 10.6. The van der Waals surface area contributed by atoms with Crippen molar-refractivity contribution in [2.24, 2.45) is 5.73 Å². The molecule has 0 aliphatic heterocycles. The summed E-state index contributed by atoms with van der Waals surface area (Å²) in [5, 5.41) is 0. The normalized spacial score (nSPS) is 12.4. The maximum Gasteiger partial charge on any atom is 0.140 e. The minimum absolute atomic E-state index is 0.0767. The molecule has 0 heterocycles. The Balaban J connectivity index is 2.33. The third-order valence-corrected chi connectivity index (χ3v) is 4.01. The quantitative estimate of drug-likeness (QED) is 0.890. The molecule has 0 saturated carbocycles. The lowest BCUT2D eigenvalue weighted by molar-refractivity contribution is 0.565. The summed E-state index contributed by atoms with van der Waals surface area (Å²) in [6, 6.07) is 11.2. The fourth-order valence-corrected chi connectivity index (χ4v) is 2.79. The van der Waals surface area contributed by atoms with E-state index in [1.54, 1.807) is 0 Å². The van der Waals surface area contributed by atoms with Gasteiger partial charge in [0.15, 0.2) is 0 Å². The van der Waals surface area contributed by atoms with Crippen LogP contribution in [-0.4, -0.2) is 0 Å². The van der Waals surface area contributed by atoms with Gasteiger partial charge in [-0.05, 0) is 30.2 Å². The average Bonchev–Trinajstić information content (AvgIpc) is 2.41. The fourth-order valence-electron chi connectivity index (χ4n) is 1.78. The second kappa shape index (κ2) is 6.17. The van der Waals surface area contributed by atoms with Crippen LogP contribution >= 0.6 is 11.8 Å². The van der Waals surface area contributed by atoms with Crippen molar-refractivity contribution in [1.29, 1.82) is 0 Å². The Hall–Kier alpha value is -1.39. The first kappa shape index (κ1) is 14.0. The predicted molar refractivity (Wildman–Crippen MR) is 74.1 cm³/mol. The van der Waals surface area contributed by atoms with Gasteiger partial charge in [-0.25, -0.2) is 8.78 Å². The summed E-state index contributed by atoms with van der Waals surface area (Å²) < 4.78 is 26.5. The van der Waals surface area contributed by atoms with Crippen LogP contribution in [0, 0.1) is 11.6 Å². The highest BCUT2D eigenvalue weighted by atomic mass is 32.2. The van der Waals surface area contributed by atoms with Gasteiger partial charge in [0.05, 0.1) is 0 Å². The first-order chi connectivity index (χ1) is 9.11. The highest BCUT2D eigenvalue weighted by molar-refractivity contribution is 7.99. The standard InChI is InChI=1S/C15H15F2NS/c1-2-13(18)11-5-3-4-6-14(11)19-15-8-7-10(16)9-12(15)17/h3-9,13H,2,18H2,1H3/t13-/m1/s1. The van der Waals surface area contributed by atoms with E-state index < -0.39 is 11.6 Å². The molecule has 4 heteroatoms. The van der Waals surface area contributed by atoms with Crippen LogP contribution in [0.2, 0.25) is 0 Å². The molecule has 1 atom stereocenters. The molecule has 2 aromatic rings. The fraction of sp³-hybridized carbons (Fsp3) is 0.200. The first-order valence-corrected chi connectivity index (χ1v) is 6.91. The van der Waals surface area contributed by atoms with Gasteiger partial charge in [-0.1, -0.05) is 36.9 Å². The number of halogens is 2. The molecule has 19 heavy (non-hydrogen) atoms. The molecule has 1 nitrogen and oxygen atoms in total. The third kappa shape index (κ3) is 3.33. The van der Waals surface area contributed by atoms with Gasteiger partial charge in [-0.15, -0.1) is 0 Å². The molecule has 0 aliphatic carbocycles. The van der Waals surface area contributed by atoms with Crippen LogP contribution in [0.25, 0.3) is 0 Å². The molecular weight excluding hydrogens is 264 g/mol. The van der Waals surface area contributed by atoms with Crippen molar-refractivity contribution >= 4 is 11.8 Å². The van der Waals surface area contributed by atoms with Gasteiger partial charge in [0.2, 0.25) is 0 Å². The monoisotopic (exact) mass is 279 g/mol. The van der Waals surface area contributed by atoms with Crippen molar-refractivity contribution in [1.82, 2.24) is 0 Å². The zero-order chi connectivity index (χ0) is 13.8. The van der Waals surface area contributed by atoms with Crippen LogP contribution in [0.15, 0.2) is 52.3 Å². The van der Waals surface area contributed by atoms with Crippen LogP contribution < -0.4 is 5.73 Å². The molecule has 0 radical (unpaired) electrons. The molecule has 0 unspecified atom stereocenters. The number of hydrogen-bond acceptors (Lipinski definition) is 2. The van der Waals surface area contributed by atoms with Crippen molar-refractivity contribution in [2.75, 3.05) is 0 Å². The smallest absolute Gasteiger partial charge is 0.140 e. The molecule has 0 aliphatic rings. The van der Waals surface area contributed by atoms with Crippen molar-refractivity contribution in [3.63, 3.8) is 0 Å². The molecular formula is C15H15F2NS. The summed E-state index contributed by atoms with van der Waals surface area (Å²) in [4.78, 5) is 1.31. The number of rotatable bonds is 4. The van der Waals surface area contributed by atoms with Gasteiger partial charge < -0.3 is 5.73 Å². The van der Waals surface area contributed by atoms with Crippen LogP contribution in [0.3, 0.4) is 0 Å². The second-order valence-corrected chi connectivity index (χ2v) is 5.31. The number of hydrogen-bond donors (Lipinski definition) is 1. The minimum Gasteiger partial charge on any atom is -0.324 e. The van der Waals surface area contributed by atoms with Gasteiger partial charge in [0, 0.05) is 21.9 Å². The molecule has 0 fully saturated rings. The van der Waals surface area contributed by atoms with Gasteiger partial charge in [-0.2, -0.15) is 0 Å². The topological polar surface area (TPSA) is 26.0 Å². The lowest BCUT2D eigenvalue weighted by Gasteiger charge is -2.14. The second-order valence-electron chi connectivity index (χ2n) is 4.23. The van der Waals surface area contributed by atoms with E-state index in [-0.39, 0.29) is 6.04 Å². The number of benzene rings is 2. The van der Waals surface area contributed by atoms with E-state index in [4.69, 9.17) is 5.73 Å². The van der Waals surface area contributed by atoms with Gasteiger partial charge >= 0.3 is 0 Å². The molecule has 0 spiro atoms. The average molecular weight is 279 g/mol. The van der Waals surface area contributed by atoms with Gasteiger partial charge in [-0.3, -0.25) is 0 Å². The first-order valence-electron chi connectivity index (χ1n) is 6.09. The Morgan fingerprint density at radius 2 is 1.84 bits per heavy atom. The molecule has 2 rings (SSSR count). The Morgan fingerprint density at radius 3 is 2.53 bits per heavy atom. The lowest BCUT2D eigenvalue weighted by Crippen LogP contribution is -2.09. The van der Waals surface area contributed by atoms with E-state index >= 15 is 0 Å². The molecule has 100 valence electrons. The summed E-state index contributed by atoms with van der Waals surface area (Å²) in [6.07, 6.45) is 0.809. The minimum atomic E-state index is -0.569. The summed E-state index contributed by atoms with van der Waals surface area (Å²) in [5.41, 5.74) is 7.03. The van der Waals surface area contributed by atoms with E-state index in [1.165, 1.54) is 23.9 Å². The van der Waals surface area contributed by atoms with E-state index in [9.17, 15) is 8.78 Å². The zero-order valence-corrected chi connectivity index (χ0v) is 11.4. The van der Waals surface area contributed by atoms with Crippen molar-refractivity contribution in [3.05, 3.63) is 59.7 Å². The summed E-state index contributed by atoms with van der Waals surface area (Å²) in [5.74, 6) is -1.12. The highest BCUT2D eigenvalue weighted by Crippen LogP contribution is 2.34. The van der Waals surface area contributed by atoms with Crippen molar-refractivity contribution in [2.45, 2.75) is 29.2 Å². The maximum absolute atomic E-state index is 13.7. The SMILES string of the molecule is CC[C@@H](N)c1ccccc1Sc1ccc(F)cc1F. The third-order valence-electron chi connectivity index (χ3n) is 2.87. The number of nitrogens with two attached hydrogens (primary N) is 1. The van der Waals surface area contributed by atoms with Gasteiger partial charge in [0.1, 0.15) is 11.6 Å². The molecule has 0 saturated heterocycles. The van der Waals surface area contributed by atoms with Crippen LogP contribution in [0.1, 0.15) is 24.9 Å². The summed E-state index contributed by atoms with van der Waals surface area (Å²) in [6.45, 7) is 2.00. The molecule has 2 aromatic carbocycles. The Kier molecular flexibility index (Phi) is 4.56. The molecule has 0 amide bonds. The molecule has 2 N–H and O–H groups in total. The highest BCUT2D eigenvalue weighted by Gasteiger charge is 2.12. The Labute approximate surface area is 115 Å². The molecule has 0 aromatic heterocycles.